The highest BCUT2D eigenvalue weighted by molar-refractivity contribution is 5.83. The Morgan fingerprint density at radius 3 is 1.42 bits per heavy atom. The minimum Gasteiger partial charge on any atom is -0.221 e. The molecule has 1 aliphatic carbocycles. The molecule has 0 saturated heterocycles. The fourth-order valence-electron chi connectivity index (χ4n) is 10.8. The summed E-state index contributed by atoms with van der Waals surface area (Å²) in [6, 6.07) is 21.5. The van der Waals surface area contributed by atoms with Crippen LogP contribution in [0.15, 0.2) is 73.2 Å². The molecule has 0 N–H and O–H groups in total. The van der Waals surface area contributed by atoms with Gasteiger partial charge in [0.15, 0.2) is 0 Å². The molecule has 1 aliphatic rings. The molecule has 6 rings (SSSR count). The predicted molar refractivity (Wildman–Crippen MR) is 277 cm³/mol. The molecule has 0 radical (unpaired) electrons. The lowest BCUT2D eigenvalue weighted by atomic mass is 9.70. The van der Waals surface area contributed by atoms with E-state index in [4.69, 9.17) is 10.3 Å². The van der Waals surface area contributed by atoms with Gasteiger partial charge in [0.1, 0.15) is 5.69 Å². The second-order valence-corrected chi connectivity index (χ2v) is 19.9. The van der Waals surface area contributed by atoms with Gasteiger partial charge < -0.3 is 0 Å². The molecule has 65 heavy (non-hydrogen) atoms. The standard InChI is InChI=1S/C59H88N6/c1-5-9-13-17-19-21-23-25-27-31-41-59(42-32-28-26-24-22-20-18-14-10-6-2)56-46-51(64-44-43-60-62-64)37-39-53(56)54-40-38-52(47-57(54)59)65-48-58(61-63-65)55-45-49(33-29-15-11-7-3)35-36-50(55)34-30-16-12-8-4/h35-40,43-48H,5-34,41-42H2,1-4H3. The van der Waals surface area contributed by atoms with Gasteiger partial charge in [-0.25, -0.2) is 9.36 Å². The van der Waals surface area contributed by atoms with Crippen molar-refractivity contribution in [3.05, 3.63) is 95.4 Å². The summed E-state index contributed by atoms with van der Waals surface area (Å²) in [6.07, 6.45) is 47.8. The van der Waals surface area contributed by atoms with E-state index in [0.717, 1.165) is 29.9 Å². The lowest BCUT2D eigenvalue weighted by molar-refractivity contribution is 0.396. The highest BCUT2D eigenvalue weighted by Crippen LogP contribution is 2.55. The number of fused-ring (bicyclic) bond motifs is 3. The third-order valence-electron chi connectivity index (χ3n) is 14.8. The summed E-state index contributed by atoms with van der Waals surface area (Å²) in [5.41, 5.74) is 13.0. The van der Waals surface area contributed by atoms with E-state index in [-0.39, 0.29) is 5.41 Å². The van der Waals surface area contributed by atoms with Crippen molar-refractivity contribution in [3.8, 4) is 33.8 Å². The van der Waals surface area contributed by atoms with Crippen LogP contribution in [0.5, 0.6) is 0 Å². The fraction of sp³-hybridized carbons (Fsp3) is 0.627. The van der Waals surface area contributed by atoms with Crippen molar-refractivity contribution < 1.29 is 0 Å². The molecule has 0 atom stereocenters. The van der Waals surface area contributed by atoms with E-state index in [1.165, 1.54) is 232 Å². The van der Waals surface area contributed by atoms with Crippen LogP contribution in [0.2, 0.25) is 0 Å². The number of nitrogens with zero attached hydrogens (tertiary/aromatic N) is 6. The van der Waals surface area contributed by atoms with Crippen molar-refractivity contribution in [3.63, 3.8) is 0 Å². The van der Waals surface area contributed by atoms with Crippen LogP contribution in [0.25, 0.3) is 33.8 Å². The Hall–Kier alpha value is -4.06. The Morgan fingerprint density at radius 2 is 0.908 bits per heavy atom. The van der Waals surface area contributed by atoms with Gasteiger partial charge in [-0.05, 0) is 102 Å². The summed E-state index contributed by atoms with van der Waals surface area (Å²) in [7, 11) is 0. The van der Waals surface area contributed by atoms with Crippen LogP contribution in [-0.2, 0) is 18.3 Å². The topological polar surface area (TPSA) is 61.4 Å². The number of hydrogen-bond acceptors (Lipinski definition) is 4. The summed E-state index contributed by atoms with van der Waals surface area (Å²) in [5.74, 6) is 0. The molecule has 6 heteroatoms. The summed E-state index contributed by atoms with van der Waals surface area (Å²) in [4.78, 5) is 0. The molecule has 3 aromatic carbocycles. The van der Waals surface area contributed by atoms with Gasteiger partial charge in [0.25, 0.3) is 0 Å². The Balaban J connectivity index is 1.29. The number of aromatic nitrogens is 6. The zero-order valence-corrected chi connectivity index (χ0v) is 41.7. The van der Waals surface area contributed by atoms with E-state index in [9.17, 15) is 0 Å². The van der Waals surface area contributed by atoms with Gasteiger partial charge in [0.05, 0.1) is 30.0 Å². The van der Waals surface area contributed by atoms with Crippen molar-refractivity contribution in [2.45, 2.75) is 239 Å². The Morgan fingerprint density at radius 1 is 0.431 bits per heavy atom. The Labute approximate surface area is 396 Å². The summed E-state index contributed by atoms with van der Waals surface area (Å²) < 4.78 is 4.01. The molecule has 5 aromatic rings. The first-order chi connectivity index (χ1) is 32.1. The molecule has 354 valence electrons. The molecule has 0 unspecified atom stereocenters. The average Bonchev–Trinajstić information content (AvgIpc) is 4.11. The Bertz CT molecular complexity index is 2030. The maximum atomic E-state index is 4.94. The highest BCUT2D eigenvalue weighted by Gasteiger charge is 2.43. The van der Waals surface area contributed by atoms with E-state index in [2.05, 4.69) is 103 Å². The monoisotopic (exact) mass is 881 g/mol. The number of aryl methyl sites for hydroxylation is 2. The lowest BCUT2D eigenvalue weighted by Gasteiger charge is -2.33. The van der Waals surface area contributed by atoms with Crippen molar-refractivity contribution in [2.75, 3.05) is 0 Å². The third-order valence-corrected chi connectivity index (χ3v) is 14.8. The predicted octanol–water partition coefficient (Wildman–Crippen LogP) is 17.6. The van der Waals surface area contributed by atoms with E-state index in [0.29, 0.717) is 0 Å². The molecule has 0 saturated carbocycles. The van der Waals surface area contributed by atoms with Gasteiger partial charge in [0.2, 0.25) is 0 Å². The first-order valence-electron chi connectivity index (χ1n) is 27.3. The quantitative estimate of drug-likeness (QED) is 0.0380. The van der Waals surface area contributed by atoms with Crippen molar-refractivity contribution >= 4 is 0 Å². The maximum Gasteiger partial charge on any atom is 0.113 e. The van der Waals surface area contributed by atoms with E-state index >= 15 is 0 Å². The molecule has 0 fully saturated rings. The summed E-state index contributed by atoms with van der Waals surface area (Å²) in [6.45, 7) is 9.22. The van der Waals surface area contributed by atoms with Crippen LogP contribution in [-0.4, -0.2) is 30.0 Å². The van der Waals surface area contributed by atoms with E-state index in [1.54, 1.807) is 6.20 Å². The van der Waals surface area contributed by atoms with Crippen LogP contribution >= 0.6 is 0 Å². The van der Waals surface area contributed by atoms with Gasteiger partial charge in [-0.3, -0.25) is 0 Å². The molecular weight excluding hydrogens is 793 g/mol. The fourth-order valence-corrected chi connectivity index (χ4v) is 10.8. The van der Waals surface area contributed by atoms with Crippen molar-refractivity contribution in [1.29, 1.82) is 0 Å². The molecule has 2 heterocycles. The van der Waals surface area contributed by atoms with E-state index < -0.39 is 0 Å². The lowest BCUT2D eigenvalue weighted by Crippen LogP contribution is -2.26. The highest BCUT2D eigenvalue weighted by atomic mass is 15.4. The van der Waals surface area contributed by atoms with Gasteiger partial charge >= 0.3 is 0 Å². The SMILES string of the molecule is CCCCCCCCCCCCC1(CCCCCCCCCCCC)c2cc(-n3ccnn3)ccc2-c2ccc(-n3cc(-c4cc(CCCCCC)ccc4CCCCCC)nn3)cc21. The minimum atomic E-state index is -0.0707. The molecule has 0 bridgehead atoms. The zero-order valence-electron chi connectivity index (χ0n) is 41.7. The van der Waals surface area contributed by atoms with Crippen LogP contribution in [0, 0.1) is 0 Å². The van der Waals surface area contributed by atoms with Crippen LogP contribution in [0.4, 0.5) is 0 Å². The van der Waals surface area contributed by atoms with Crippen LogP contribution in [0.1, 0.15) is 243 Å². The number of unbranched alkanes of at least 4 members (excludes halogenated alkanes) is 24. The maximum absolute atomic E-state index is 4.94. The number of rotatable bonds is 35. The van der Waals surface area contributed by atoms with Crippen molar-refractivity contribution in [1.82, 2.24) is 30.0 Å². The molecule has 0 aliphatic heterocycles. The zero-order chi connectivity index (χ0) is 45.4. The van der Waals surface area contributed by atoms with Crippen molar-refractivity contribution in [2.24, 2.45) is 0 Å². The number of hydrogen-bond donors (Lipinski definition) is 0. The van der Waals surface area contributed by atoms with Gasteiger partial charge in [-0.15, -0.1) is 10.2 Å². The van der Waals surface area contributed by atoms with E-state index in [1.807, 2.05) is 10.9 Å². The molecule has 0 spiro atoms. The van der Waals surface area contributed by atoms with Crippen LogP contribution < -0.4 is 0 Å². The molecule has 2 aromatic heterocycles. The number of benzene rings is 3. The van der Waals surface area contributed by atoms with Gasteiger partial charge in [-0.2, -0.15) is 0 Å². The first-order valence-corrected chi connectivity index (χ1v) is 27.3. The molecule has 6 nitrogen and oxygen atoms in total. The summed E-state index contributed by atoms with van der Waals surface area (Å²) >= 11 is 0. The normalized spacial score (nSPS) is 12.9. The second-order valence-electron chi connectivity index (χ2n) is 19.9. The second kappa shape index (κ2) is 28.2. The van der Waals surface area contributed by atoms with Crippen LogP contribution in [0.3, 0.4) is 0 Å². The summed E-state index contributed by atoms with van der Waals surface area (Å²) in [5, 5.41) is 18.5. The molecule has 0 amide bonds. The van der Waals surface area contributed by atoms with Gasteiger partial charge in [0, 0.05) is 11.0 Å². The Kier molecular flexibility index (Phi) is 21.8. The molecular formula is C59H88N6. The third kappa shape index (κ3) is 14.7. The first kappa shape index (κ1) is 50.4. The minimum absolute atomic E-state index is 0.0707. The smallest absolute Gasteiger partial charge is 0.113 e. The van der Waals surface area contributed by atoms with Gasteiger partial charge in [-0.1, -0.05) is 229 Å². The largest absolute Gasteiger partial charge is 0.221 e. The average molecular weight is 881 g/mol.